The minimum Gasteiger partial charge on any atom is -0.506 e. The summed E-state index contributed by atoms with van der Waals surface area (Å²) >= 11 is 5.83. The molecule has 0 aliphatic carbocycles. The number of amides is 2. The van der Waals surface area contributed by atoms with Crippen molar-refractivity contribution in [1.82, 2.24) is 5.43 Å². The molecule has 3 N–H and O–H groups in total. The quantitative estimate of drug-likeness (QED) is 0.146. The lowest BCUT2D eigenvalue weighted by atomic mass is 10.0. The van der Waals surface area contributed by atoms with Crippen molar-refractivity contribution in [3.63, 3.8) is 0 Å². The molecule has 192 valence electrons. The van der Waals surface area contributed by atoms with E-state index in [1.807, 2.05) is 6.07 Å². The Morgan fingerprint density at radius 2 is 1.68 bits per heavy atom. The number of hydrazone groups is 1. The zero-order valence-electron chi connectivity index (χ0n) is 19.5. The number of rotatable bonds is 6. The molecule has 4 aromatic rings. The smallest absolute Gasteiger partial charge is 0.416 e. The first kappa shape index (κ1) is 26.4. The molecule has 2 amide bonds. The van der Waals surface area contributed by atoms with E-state index in [0.717, 1.165) is 23.6 Å². The largest absolute Gasteiger partial charge is 0.506 e. The monoisotopic (exact) mass is 537 g/mol. The highest BCUT2D eigenvalue weighted by molar-refractivity contribution is 6.32. The number of aromatic hydroxyl groups is 1. The first-order valence-corrected chi connectivity index (χ1v) is 11.5. The fourth-order valence-corrected chi connectivity index (χ4v) is 3.76. The Kier molecular flexibility index (Phi) is 7.78. The SMILES string of the molecule is O=C(/C=C/c1cccc(C(F)(F)F)c1)Nc1ccc(/C=N/NC(=O)c2ccc(O)c(Cl)c2)c2ccccc12. The zero-order chi connectivity index (χ0) is 27.3. The van der Waals surface area contributed by atoms with Crippen LogP contribution in [0.3, 0.4) is 0 Å². The molecular weight excluding hydrogens is 519 g/mol. The van der Waals surface area contributed by atoms with Crippen molar-refractivity contribution in [2.45, 2.75) is 6.18 Å². The number of carbonyl (C=O) groups excluding carboxylic acids is 2. The number of nitrogens with zero attached hydrogens (tertiary/aromatic N) is 1. The highest BCUT2D eigenvalue weighted by Gasteiger charge is 2.30. The molecule has 0 fully saturated rings. The number of fused-ring (bicyclic) bond motifs is 1. The Labute approximate surface area is 220 Å². The Hall–Kier alpha value is -4.63. The molecule has 0 heterocycles. The predicted molar refractivity (Wildman–Crippen MR) is 141 cm³/mol. The van der Waals surface area contributed by atoms with Gasteiger partial charge in [-0.05, 0) is 53.4 Å². The first-order valence-electron chi connectivity index (χ1n) is 11.1. The van der Waals surface area contributed by atoms with E-state index < -0.39 is 23.6 Å². The molecule has 0 aliphatic rings. The molecule has 0 saturated heterocycles. The second-order valence-corrected chi connectivity index (χ2v) is 8.47. The van der Waals surface area contributed by atoms with Gasteiger partial charge in [0, 0.05) is 28.3 Å². The third-order valence-electron chi connectivity index (χ3n) is 5.44. The summed E-state index contributed by atoms with van der Waals surface area (Å²) in [6.45, 7) is 0. The molecule has 0 radical (unpaired) electrons. The van der Waals surface area contributed by atoms with Crippen LogP contribution in [0.1, 0.15) is 27.0 Å². The van der Waals surface area contributed by atoms with E-state index in [4.69, 9.17) is 11.6 Å². The van der Waals surface area contributed by atoms with Gasteiger partial charge in [-0.3, -0.25) is 9.59 Å². The topological polar surface area (TPSA) is 90.8 Å². The van der Waals surface area contributed by atoms with Crippen molar-refractivity contribution in [3.8, 4) is 5.75 Å². The van der Waals surface area contributed by atoms with Crippen LogP contribution in [0.25, 0.3) is 16.8 Å². The molecule has 38 heavy (non-hydrogen) atoms. The Morgan fingerprint density at radius 1 is 0.921 bits per heavy atom. The molecule has 4 aromatic carbocycles. The van der Waals surface area contributed by atoms with Gasteiger partial charge in [-0.25, -0.2) is 5.43 Å². The number of hydrogen-bond donors (Lipinski definition) is 3. The number of phenols is 1. The van der Waals surface area contributed by atoms with E-state index in [9.17, 15) is 27.9 Å². The van der Waals surface area contributed by atoms with E-state index >= 15 is 0 Å². The molecule has 0 aromatic heterocycles. The van der Waals surface area contributed by atoms with Crippen LogP contribution in [0.2, 0.25) is 5.02 Å². The van der Waals surface area contributed by atoms with Crippen LogP contribution < -0.4 is 10.7 Å². The van der Waals surface area contributed by atoms with Crippen molar-refractivity contribution in [3.05, 3.63) is 112 Å². The van der Waals surface area contributed by atoms with Gasteiger partial charge in [0.2, 0.25) is 5.91 Å². The van der Waals surface area contributed by atoms with Crippen LogP contribution >= 0.6 is 11.6 Å². The third kappa shape index (κ3) is 6.37. The Balaban J connectivity index is 1.49. The van der Waals surface area contributed by atoms with E-state index in [1.54, 1.807) is 30.3 Å². The van der Waals surface area contributed by atoms with Gasteiger partial charge >= 0.3 is 6.18 Å². The second-order valence-electron chi connectivity index (χ2n) is 8.06. The number of anilines is 1. The minimum absolute atomic E-state index is 0.0370. The lowest BCUT2D eigenvalue weighted by molar-refractivity contribution is -0.137. The van der Waals surface area contributed by atoms with Crippen LogP contribution in [0.5, 0.6) is 5.75 Å². The molecule has 0 atom stereocenters. The lowest BCUT2D eigenvalue weighted by Crippen LogP contribution is -2.17. The van der Waals surface area contributed by atoms with Gasteiger partial charge in [-0.2, -0.15) is 18.3 Å². The molecule has 0 spiro atoms. The highest BCUT2D eigenvalue weighted by atomic mass is 35.5. The molecule has 0 bridgehead atoms. The van der Waals surface area contributed by atoms with Gasteiger partial charge in [-0.15, -0.1) is 0 Å². The van der Waals surface area contributed by atoms with Crippen molar-refractivity contribution >= 4 is 52.2 Å². The number of nitrogens with one attached hydrogen (secondary N) is 2. The zero-order valence-corrected chi connectivity index (χ0v) is 20.2. The Morgan fingerprint density at radius 3 is 2.42 bits per heavy atom. The van der Waals surface area contributed by atoms with E-state index in [-0.39, 0.29) is 21.9 Å². The van der Waals surface area contributed by atoms with Gasteiger partial charge in [0.25, 0.3) is 5.91 Å². The van der Waals surface area contributed by atoms with Crippen molar-refractivity contribution in [2.24, 2.45) is 5.10 Å². The summed E-state index contributed by atoms with van der Waals surface area (Å²) in [6, 6.07) is 19.2. The van der Waals surface area contributed by atoms with Crippen molar-refractivity contribution in [1.29, 1.82) is 0 Å². The minimum atomic E-state index is -4.47. The van der Waals surface area contributed by atoms with Crippen LogP contribution in [0, 0.1) is 0 Å². The molecule has 0 aliphatic heterocycles. The summed E-state index contributed by atoms with van der Waals surface area (Å²) in [5.74, 6) is -1.19. The van der Waals surface area contributed by atoms with E-state index in [2.05, 4.69) is 15.8 Å². The first-order chi connectivity index (χ1) is 18.1. The fourth-order valence-electron chi connectivity index (χ4n) is 3.58. The maximum Gasteiger partial charge on any atom is 0.416 e. The number of benzene rings is 4. The van der Waals surface area contributed by atoms with E-state index in [0.29, 0.717) is 16.6 Å². The highest BCUT2D eigenvalue weighted by Crippen LogP contribution is 2.30. The average molecular weight is 538 g/mol. The van der Waals surface area contributed by atoms with Crippen LogP contribution in [-0.4, -0.2) is 23.1 Å². The lowest BCUT2D eigenvalue weighted by Gasteiger charge is -2.10. The normalized spacial score (nSPS) is 11.8. The molecule has 0 saturated carbocycles. The van der Waals surface area contributed by atoms with Crippen LogP contribution in [0.15, 0.2) is 90.0 Å². The van der Waals surface area contributed by atoms with Crippen LogP contribution in [-0.2, 0) is 11.0 Å². The van der Waals surface area contributed by atoms with Gasteiger partial charge in [0.05, 0.1) is 16.8 Å². The van der Waals surface area contributed by atoms with Crippen molar-refractivity contribution < 1.29 is 27.9 Å². The molecule has 0 unspecified atom stereocenters. The summed E-state index contributed by atoms with van der Waals surface area (Å²) in [7, 11) is 0. The number of carbonyl (C=O) groups is 2. The molecule has 10 heteroatoms. The standard InChI is InChI=1S/C28H19ClF3N3O3/c29-23-15-18(10-12-25(23)36)27(38)35-33-16-19-9-11-24(22-7-2-1-6-21(19)22)34-26(37)13-8-17-4-3-5-20(14-17)28(30,31)32/h1-16,36H,(H,34,37)(H,35,38)/b13-8+,33-16+. The van der Waals surface area contributed by atoms with Gasteiger partial charge in [0.1, 0.15) is 5.75 Å². The van der Waals surface area contributed by atoms with Gasteiger partial charge in [-0.1, -0.05) is 54.1 Å². The van der Waals surface area contributed by atoms with E-state index in [1.165, 1.54) is 42.6 Å². The Bertz CT molecular complexity index is 1580. The van der Waals surface area contributed by atoms with Crippen LogP contribution in [0.4, 0.5) is 18.9 Å². The summed E-state index contributed by atoms with van der Waals surface area (Å²) in [6.07, 6.45) is -0.567. The molecular formula is C28H19ClF3N3O3. The maximum absolute atomic E-state index is 12.9. The fraction of sp³-hybridized carbons (Fsp3) is 0.0357. The third-order valence-corrected chi connectivity index (χ3v) is 5.74. The molecule has 4 rings (SSSR count). The molecule has 6 nitrogen and oxygen atoms in total. The maximum atomic E-state index is 12.9. The van der Waals surface area contributed by atoms with Gasteiger partial charge < -0.3 is 10.4 Å². The predicted octanol–water partition coefficient (Wildman–Crippen LogP) is 6.63. The number of hydrogen-bond acceptors (Lipinski definition) is 4. The summed E-state index contributed by atoms with van der Waals surface area (Å²) in [5.41, 5.74) is 3.19. The average Bonchev–Trinajstić information content (AvgIpc) is 2.90. The summed E-state index contributed by atoms with van der Waals surface area (Å²) in [5, 5.41) is 17.7. The number of halogens is 4. The second kappa shape index (κ2) is 11.2. The van der Waals surface area contributed by atoms with Gasteiger partial charge in [0.15, 0.2) is 0 Å². The number of phenolic OH excluding ortho intramolecular Hbond substituents is 1. The van der Waals surface area contributed by atoms with Crippen molar-refractivity contribution in [2.75, 3.05) is 5.32 Å². The summed E-state index contributed by atoms with van der Waals surface area (Å²) in [4.78, 5) is 24.8. The number of alkyl halides is 3. The summed E-state index contributed by atoms with van der Waals surface area (Å²) < 4.78 is 38.7.